The number of benzene rings is 1. The highest BCUT2D eigenvalue weighted by Gasteiger charge is 2.15. The summed E-state index contributed by atoms with van der Waals surface area (Å²) in [7, 11) is 1.89. The normalized spacial score (nSPS) is 18.5. The van der Waals surface area contributed by atoms with E-state index in [-0.39, 0.29) is 11.9 Å². The van der Waals surface area contributed by atoms with Crippen molar-refractivity contribution in [3.05, 3.63) is 29.6 Å². The van der Waals surface area contributed by atoms with Crippen LogP contribution in [0.3, 0.4) is 0 Å². The van der Waals surface area contributed by atoms with Crippen LogP contribution in [0.15, 0.2) is 18.2 Å². The summed E-state index contributed by atoms with van der Waals surface area (Å²) in [5, 5.41) is 3.14. The monoisotopic (exact) mass is 250 g/mol. The average Bonchev–Trinajstić information content (AvgIpc) is 2.66. The van der Waals surface area contributed by atoms with Crippen molar-refractivity contribution in [2.24, 2.45) is 0 Å². The molecule has 1 unspecified atom stereocenters. The van der Waals surface area contributed by atoms with Crippen LogP contribution < -0.4 is 10.2 Å². The van der Waals surface area contributed by atoms with Gasteiger partial charge in [0.05, 0.1) is 5.69 Å². The number of hydrogen-bond acceptors (Lipinski definition) is 2. The lowest BCUT2D eigenvalue weighted by atomic mass is 10.1. The smallest absolute Gasteiger partial charge is 0.146 e. The molecule has 1 atom stereocenters. The van der Waals surface area contributed by atoms with E-state index in [4.69, 9.17) is 0 Å². The number of anilines is 1. The SMILES string of the molecule is CNC(C)c1ccc(N2CCCCCC2)c(F)c1. The van der Waals surface area contributed by atoms with Crippen LogP contribution in [0.5, 0.6) is 0 Å². The van der Waals surface area contributed by atoms with Gasteiger partial charge in [-0.1, -0.05) is 18.9 Å². The van der Waals surface area contributed by atoms with E-state index in [0.717, 1.165) is 24.3 Å². The molecule has 18 heavy (non-hydrogen) atoms. The Labute approximate surface area is 109 Å². The molecule has 100 valence electrons. The van der Waals surface area contributed by atoms with Gasteiger partial charge in [-0.2, -0.15) is 0 Å². The third-order valence-electron chi connectivity index (χ3n) is 3.85. The maximum atomic E-state index is 14.2. The number of halogens is 1. The minimum absolute atomic E-state index is 0.0866. The van der Waals surface area contributed by atoms with Crippen molar-refractivity contribution < 1.29 is 4.39 Å². The van der Waals surface area contributed by atoms with Gasteiger partial charge in [-0.05, 0) is 44.5 Å². The largest absolute Gasteiger partial charge is 0.369 e. The van der Waals surface area contributed by atoms with E-state index in [1.165, 1.54) is 25.7 Å². The van der Waals surface area contributed by atoms with Crippen LogP contribution in [0.25, 0.3) is 0 Å². The van der Waals surface area contributed by atoms with Gasteiger partial charge in [0.25, 0.3) is 0 Å². The van der Waals surface area contributed by atoms with Gasteiger partial charge in [0.15, 0.2) is 0 Å². The van der Waals surface area contributed by atoms with Crippen molar-refractivity contribution in [1.82, 2.24) is 5.32 Å². The summed E-state index contributed by atoms with van der Waals surface area (Å²) in [6.07, 6.45) is 4.89. The van der Waals surface area contributed by atoms with Crippen LogP contribution >= 0.6 is 0 Å². The molecule has 0 aliphatic carbocycles. The summed E-state index contributed by atoms with van der Waals surface area (Å²) in [5.41, 5.74) is 1.78. The fourth-order valence-corrected chi connectivity index (χ4v) is 2.53. The summed E-state index contributed by atoms with van der Waals surface area (Å²) < 4.78 is 14.2. The molecule has 1 aromatic rings. The molecule has 1 aliphatic rings. The highest BCUT2D eigenvalue weighted by Crippen LogP contribution is 2.25. The Morgan fingerprint density at radius 3 is 2.39 bits per heavy atom. The topological polar surface area (TPSA) is 15.3 Å². The van der Waals surface area contributed by atoms with Crippen molar-refractivity contribution >= 4 is 5.69 Å². The second kappa shape index (κ2) is 6.19. The van der Waals surface area contributed by atoms with Gasteiger partial charge in [-0.25, -0.2) is 4.39 Å². The van der Waals surface area contributed by atoms with Crippen molar-refractivity contribution in [3.63, 3.8) is 0 Å². The molecule has 0 saturated carbocycles. The molecule has 1 aromatic carbocycles. The molecule has 1 saturated heterocycles. The third kappa shape index (κ3) is 3.02. The van der Waals surface area contributed by atoms with E-state index >= 15 is 0 Å². The quantitative estimate of drug-likeness (QED) is 0.883. The zero-order chi connectivity index (χ0) is 13.0. The molecule has 0 aromatic heterocycles. The minimum Gasteiger partial charge on any atom is -0.369 e. The standard InChI is InChI=1S/C15H23FN2/c1-12(17-2)13-7-8-15(14(16)11-13)18-9-5-3-4-6-10-18/h7-8,11-12,17H,3-6,9-10H2,1-2H3. The average molecular weight is 250 g/mol. The highest BCUT2D eigenvalue weighted by atomic mass is 19.1. The molecule has 2 rings (SSSR count). The Morgan fingerprint density at radius 2 is 1.83 bits per heavy atom. The van der Waals surface area contributed by atoms with E-state index in [1.54, 1.807) is 6.07 Å². The molecular formula is C15H23FN2. The van der Waals surface area contributed by atoms with Gasteiger partial charge >= 0.3 is 0 Å². The first-order valence-electron chi connectivity index (χ1n) is 6.94. The van der Waals surface area contributed by atoms with E-state index in [9.17, 15) is 4.39 Å². The molecule has 2 nitrogen and oxygen atoms in total. The van der Waals surface area contributed by atoms with E-state index in [2.05, 4.69) is 10.2 Å². The van der Waals surface area contributed by atoms with Gasteiger partial charge in [-0.3, -0.25) is 0 Å². The Kier molecular flexibility index (Phi) is 4.59. The van der Waals surface area contributed by atoms with Crippen molar-refractivity contribution in [2.75, 3.05) is 25.0 Å². The van der Waals surface area contributed by atoms with E-state index in [1.807, 2.05) is 26.1 Å². The zero-order valence-corrected chi connectivity index (χ0v) is 11.4. The van der Waals surface area contributed by atoms with Crippen molar-refractivity contribution in [3.8, 4) is 0 Å². The molecule has 0 radical (unpaired) electrons. The Balaban J connectivity index is 2.18. The first kappa shape index (κ1) is 13.3. The number of hydrogen-bond donors (Lipinski definition) is 1. The first-order valence-corrected chi connectivity index (χ1v) is 6.94. The fourth-order valence-electron chi connectivity index (χ4n) is 2.53. The first-order chi connectivity index (χ1) is 8.72. The molecule has 1 heterocycles. The van der Waals surface area contributed by atoms with Gasteiger partial charge in [-0.15, -0.1) is 0 Å². The van der Waals surface area contributed by atoms with Gasteiger partial charge < -0.3 is 10.2 Å². The maximum absolute atomic E-state index is 14.2. The number of nitrogens with zero attached hydrogens (tertiary/aromatic N) is 1. The summed E-state index contributed by atoms with van der Waals surface area (Å²) in [6, 6.07) is 5.83. The minimum atomic E-state index is -0.0866. The molecule has 1 N–H and O–H groups in total. The maximum Gasteiger partial charge on any atom is 0.146 e. The molecule has 0 spiro atoms. The second-order valence-corrected chi connectivity index (χ2v) is 5.12. The second-order valence-electron chi connectivity index (χ2n) is 5.12. The lowest BCUT2D eigenvalue weighted by molar-refractivity contribution is 0.601. The Bertz CT molecular complexity index is 384. The van der Waals surface area contributed by atoms with Crippen molar-refractivity contribution in [2.45, 2.75) is 38.6 Å². The molecule has 0 bridgehead atoms. The lowest BCUT2D eigenvalue weighted by Gasteiger charge is -2.24. The van der Waals surface area contributed by atoms with Crippen LogP contribution in [0.4, 0.5) is 10.1 Å². The number of rotatable bonds is 3. The lowest BCUT2D eigenvalue weighted by Crippen LogP contribution is -2.25. The van der Waals surface area contributed by atoms with Gasteiger partial charge in [0.2, 0.25) is 0 Å². The summed E-state index contributed by atoms with van der Waals surface area (Å²) in [6.45, 7) is 4.01. The molecule has 1 aliphatic heterocycles. The predicted molar refractivity (Wildman–Crippen MR) is 74.6 cm³/mol. The summed E-state index contributed by atoms with van der Waals surface area (Å²) >= 11 is 0. The van der Waals surface area contributed by atoms with E-state index < -0.39 is 0 Å². The van der Waals surface area contributed by atoms with E-state index in [0.29, 0.717) is 0 Å². The number of nitrogens with one attached hydrogen (secondary N) is 1. The predicted octanol–water partition coefficient (Wildman–Crippen LogP) is 3.49. The van der Waals surface area contributed by atoms with Crippen LogP contribution in [0, 0.1) is 5.82 Å². The summed E-state index contributed by atoms with van der Waals surface area (Å²) in [5.74, 6) is -0.0866. The molecule has 0 amide bonds. The Morgan fingerprint density at radius 1 is 1.17 bits per heavy atom. The zero-order valence-electron chi connectivity index (χ0n) is 11.4. The molecule has 1 fully saturated rings. The fraction of sp³-hybridized carbons (Fsp3) is 0.600. The van der Waals surface area contributed by atoms with Crippen LogP contribution in [0.2, 0.25) is 0 Å². The Hall–Kier alpha value is -1.09. The van der Waals surface area contributed by atoms with Crippen LogP contribution in [-0.2, 0) is 0 Å². The molecule has 3 heteroatoms. The summed E-state index contributed by atoms with van der Waals surface area (Å²) in [4.78, 5) is 2.19. The van der Waals surface area contributed by atoms with Gasteiger partial charge in [0.1, 0.15) is 5.82 Å². The highest BCUT2D eigenvalue weighted by molar-refractivity contribution is 5.49. The van der Waals surface area contributed by atoms with Crippen LogP contribution in [-0.4, -0.2) is 20.1 Å². The third-order valence-corrected chi connectivity index (χ3v) is 3.85. The van der Waals surface area contributed by atoms with Crippen molar-refractivity contribution in [1.29, 1.82) is 0 Å². The van der Waals surface area contributed by atoms with Gasteiger partial charge in [0, 0.05) is 19.1 Å². The molecular weight excluding hydrogens is 227 g/mol. The van der Waals surface area contributed by atoms with Crippen LogP contribution in [0.1, 0.15) is 44.2 Å².